The molecule has 0 aliphatic heterocycles. The van der Waals surface area contributed by atoms with Crippen molar-refractivity contribution in [1.29, 1.82) is 0 Å². The van der Waals surface area contributed by atoms with E-state index in [9.17, 15) is 4.79 Å². The molecule has 1 unspecified atom stereocenters. The van der Waals surface area contributed by atoms with E-state index in [4.69, 9.17) is 21.1 Å². The van der Waals surface area contributed by atoms with Gasteiger partial charge in [0.25, 0.3) is 0 Å². The maximum absolute atomic E-state index is 11.4. The van der Waals surface area contributed by atoms with E-state index in [-0.39, 0.29) is 5.52 Å². The lowest BCUT2D eigenvalue weighted by Crippen LogP contribution is -2.01. The summed E-state index contributed by atoms with van der Waals surface area (Å²) in [6.07, 6.45) is 0. The Hall–Kier alpha value is -0.310. The molecule has 1 aromatic rings. The molecule has 82 valence electrons. The van der Waals surface area contributed by atoms with Crippen molar-refractivity contribution in [3.05, 3.63) is 21.1 Å². The number of carbonyl (C=O) groups excluding carboxylic acids is 1. The predicted octanol–water partition coefficient (Wildman–Crippen LogP) is 3.14. The van der Waals surface area contributed by atoms with E-state index in [0.29, 0.717) is 26.6 Å². The fourth-order valence-electron chi connectivity index (χ4n) is 1.21. The highest BCUT2D eigenvalue weighted by Crippen LogP contribution is 2.42. The average Bonchev–Trinajstić information content (AvgIpc) is 2.16. The monoisotopic (exact) mass is 310 g/mol. The molecule has 0 aliphatic rings. The Labute approximate surface area is 103 Å². The Kier molecular flexibility index (Phi) is 4.38. The summed E-state index contributed by atoms with van der Waals surface area (Å²) in [5.74, 6) is 0.730. The fraction of sp³-hybridized carbons (Fsp3) is 0.222. The molecule has 0 saturated heterocycles. The number of carbonyl (C=O) groups is 1. The lowest BCUT2D eigenvalue weighted by atomic mass is 10.2. The van der Waals surface area contributed by atoms with Crippen molar-refractivity contribution < 1.29 is 14.3 Å². The van der Waals surface area contributed by atoms with Crippen molar-refractivity contribution in [2.75, 3.05) is 14.2 Å². The van der Waals surface area contributed by atoms with Gasteiger partial charge in [0.2, 0.25) is 0 Å². The van der Waals surface area contributed by atoms with Gasteiger partial charge in [0.1, 0.15) is 11.3 Å². The minimum Gasteiger partial charge on any atom is -0.495 e. The summed E-state index contributed by atoms with van der Waals surface area (Å²) in [5.41, 5.74) is 0.0660. The zero-order valence-electron chi connectivity index (χ0n) is 8.14. The molecule has 0 aromatic heterocycles. The zero-order valence-corrected chi connectivity index (χ0v) is 11.6. The van der Waals surface area contributed by atoms with E-state index in [1.807, 2.05) is 0 Å². The van der Waals surface area contributed by atoms with Crippen LogP contribution < -0.4 is 9.47 Å². The molecule has 0 radical (unpaired) electrons. The maximum atomic E-state index is 11.4. The normalized spacial score (nSPS) is 9.93. The van der Waals surface area contributed by atoms with Gasteiger partial charge in [-0.15, -0.1) is 0 Å². The molecular formula is C9H9BrClO3P. The van der Waals surface area contributed by atoms with Gasteiger partial charge in [-0.2, -0.15) is 0 Å². The first kappa shape index (κ1) is 12.8. The summed E-state index contributed by atoms with van der Waals surface area (Å²) in [6.45, 7) is 0. The SMILES string of the molecule is COc1c(Cl)cc(Br)c(OC)c1C(=O)P. The molecule has 1 atom stereocenters. The van der Waals surface area contributed by atoms with Gasteiger partial charge in [0.05, 0.1) is 23.7 Å². The summed E-state index contributed by atoms with van der Waals surface area (Å²) >= 11 is 9.20. The quantitative estimate of drug-likeness (QED) is 0.805. The molecule has 0 saturated carbocycles. The summed E-state index contributed by atoms with van der Waals surface area (Å²) < 4.78 is 10.8. The van der Waals surface area contributed by atoms with Gasteiger partial charge in [-0.05, 0) is 22.0 Å². The molecule has 0 heterocycles. The van der Waals surface area contributed by atoms with Crippen LogP contribution in [0, 0.1) is 0 Å². The largest absolute Gasteiger partial charge is 0.495 e. The second kappa shape index (κ2) is 5.15. The molecule has 6 heteroatoms. The molecule has 3 nitrogen and oxygen atoms in total. The van der Waals surface area contributed by atoms with Crippen LogP contribution in [-0.2, 0) is 0 Å². The third kappa shape index (κ3) is 2.44. The van der Waals surface area contributed by atoms with Gasteiger partial charge in [0.15, 0.2) is 11.3 Å². The van der Waals surface area contributed by atoms with Gasteiger partial charge >= 0.3 is 0 Å². The molecule has 1 aromatic carbocycles. The predicted molar refractivity (Wildman–Crippen MR) is 66.3 cm³/mol. The van der Waals surface area contributed by atoms with Crippen LogP contribution in [-0.4, -0.2) is 19.7 Å². The maximum Gasteiger partial charge on any atom is 0.185 e. The van der Waals surface area contributed by atoms with Gasteiger partial charge in [-0.3, -0.25) is 4.79 Å². The molecule has 0 fully saturated rings. The van der Waals surface area contributed by atoms with Crippen LogP contribution in [0.5, 0.6) is 11.5 Å². The van der Waals surface area contributed by atoms with E-state index in [2.05, 4.69) is 25.2 Å². The van der Waals surface area contributed by atoms with Crippen molar-refractivity contribution >= 4 is 42.3 Å². The zero-order chi connectivity index (χ0) is 11.6. The average molecular weight is 311 g/mol. The standard InChI is InChI=1S/C9H9BrClO3P/c1-13-7-4(10)3-5(11)8(14-2)6(7)9(12)15/h3H,15H2,1-2H3. The number of rotatable bonds is 3. The third-order valence-corrected chi connectivity index (χ3v) is 2.95. The topological polar surface area (TPSA) is 35.5 Å². The summed E-state index contributed by atoms with van der Waals surface area (Å²) in [4.78, 5) is 11.4. The Bertz CT molecular complexity index is 381. The van der Waals surface area contributed by atoms with Crippen LogP contribution in [0.25, 0.3) is 0 Å². The van der Waals surface area contributed by atoms with E-state index in [1.165, 1.54) is 14.2 Å². The number of hydrogen-bond donors (Lipinski definition) is 0. The molecule has 1 rings (SSSR count). The van der Waals surface area contributed by atoms with E-state index >= 15 is 0 Å². The number of benzene rings is 1. The second-order valence-electron chi connectivity index (χ2n) is 2.65. The van der Waals surface area contributed by atoms with E-state index in [1.54, 1.807) is 6.07 Å². The number of ether oxygens (including phenoxy) is 2. The number of methoxy groups -OCH3 is 2. The van der Waals surface area contributed by atoms with Crippen LogP contribution in [0.2, 0.25) is 5.02 Å². The molecule has 0 N–H and O–H groups in total. The second-order valence-corrected chi connectivity index (χ2v) is 4.43. The summed E-state index contributed by atoms with van der Waals surface area (Å²) in [7, 11) is 4.99. The lowest BCUT2D eigenvalue weighted by molar-refractivity contribution is 0.108. The summed E-state index contributed by atoms with van der Waals surface area (Å²) in [5, 5.41) is 0.357. The molecule has 15 heavy (non-hydrogen) atoms. The Morgan fingerprint density at radius 1 is 1.40 bits per heavy atom. The van der Waals surface area contributed by atoms with Crippen molar-refractivity contribution in [3.8, 4) is 11.5 Å². The first-order chi connectivity index (χ1) is 7.02. The molecule has 0 amide bonds. The van der Waals surface area contributed by atoms with Crippen molar-refractivity contribution in [1.82, 2.24) is 0 Å². The van der Waals surface area contributed by atoms with Crippen LogP contribution in [0.15, 0.2) is 10.5 Å². The van der Waals surface area contributed by atoms with Crippen molar-refractivity contribution in [2.45, 2.75) is 0 Å². The van der Waals surface area contributed by atoms with E-state index in [0.717, 1.165) is 0 Å². The smallest absolute Gasteiger partial charge is 0.185 e. The lowest BCUT2D eigenvalue weighted by Gasteiger charge is -2.13. The number of halogens is 2. The van der Waals surface area contributed by atoms with Crippen LogP contribution in [0.1, 0.15) is 10.4 Å². The highest BCUT2D eigenvalue weighted by molar-refractivity contribution is 9.10. The van der Waals surface area contributed by atoms with Gasteiger partial charge < -0.3 is 9.47 Å². The van der Waals surface area contributed by atoms with Crippen LogP contribution in [0.3, 0.4) is 0 Å². The van der Waals surface area contributed by atoms with E-state index < -0.39 is 0 Å². The highest BCUT2D eigenvalue weighted by atomic mass is 79.9. The first-order valence-corrected chi connectivity index (χ1v) is 5.67. The minimum absolute atomic E-state index is 0.244. The first-order valence-electron chi connectivity index (χ1n) is 3.92. The Morgan fingerprint density at radius 3 is 2.33 bits per heavy atom. The van der Waals surface area contributed by atoms with Crippen LogP contribution >= 0.6 is 36.8 Å². The number of hydrogen-bond acceptors (Lipinski definition) is 3. The summed E-state index contributed by atoms with van der Waals surface area (Å²) in [6, 6.07) is 1.62. The highest BCUT2D eigenvalue weighted by Gasteiger charge is 2.21. The minimum atomic E-state index is -0.244. The van der Waals surface area contributed by atoms with Crippen molar-refractivity contribution in [2.24, 2.45) is 0 Å². The molecular weight excluding hydrogens is 302 g/mol. The Morgan fingerprint density at radius 2 is 1.93 bits per heavy atom. The fourth-order valence-corrected chi connectivity index (χ4v) is 2.47. The molecule has 0 spiro atoms. The van der Waals surface area contributed by atoms with Crippen molar-refractivity contribution in [3.63, 3.8) is 0 Å². The van der Waals surface area contributed by atoms with Crippen LogP contribution in [0.4, 0.5) is 0 Å². The third-order valence-electron chi connectivity index (χ3n) is 1.80. The molecule has 0 aliphatic carbocycles. The van der Waals surface area contributed by atoms with Gasteiger partial charge in [-0.1, -0.05) is 20.8 Å². The Balaban J connectivity index is 3.58. The van der Waals surface area contributed by atoms with Gasteiger partial charge in [0, 0.05) is 0 Å². The van der Waals surface area contributed by atoms with Gasteiger partial charge in [-0.25, -0.2) is 0 Å². The molecule has 0 bridgehead atoms.